The maximum Gasteiger partial charge on any atom is 0.305 e. The van der Waals surface area contributed by atoms with Crippen molar-refractivity contribution >= 4 is 5.97 Å². The highest BCUT2D eigenvalue weighted by molar-refractivity contribution is 5.68. The molecular weight excluding hydrogens is 250 g/mol. The molecule has 0 aromatic heterocycles. The van der Waals surface area contributed by atoms with Crippen molar-refractivity contribution in [2.75, 3.05) is 0 Å². The Morgan fingerprint density at radius 2 is 1.55 bits per heavy atom. The molecule has 3 heteroatoms. The molecule has 3 nitrogen and oxygen atoms in total. The van der Waals surface area contributed by atoms with Gasteiger partial charge in [0.2, 0.25) is 0 Å². The number of rotatable bonds is 5. The summed E-state index contributed by atoms with van der Waals surface area (Å²) in [6.07, 6.45) is 0.980. The van der Waals surface area contributed by atoms with E-state index in [-0.39, 0.29) is 6.42 Å². The number of hydrogen-bond donors (Lipinski definition) is 2. The van der Waals surface area contributed by atoms with Gasteiger partial charge in [-0.15, -0.1) is 0 Å². The average molecular weight is 269 g/mol. The number of carboxylic acids is 1. The number of nitrogens with two attached hydrogens (primary N) is 1. The minimum Gasteiger partial charge on any atom is -0.481 e. The predicted octanol–water partition coefficient (Wildman–Crippen LogP) is 3.39. The third-order valence-electron chi connectivity index (χ3n) is 3.43. The molecule has 0 radical (unpaired) electrons. The first-order chi connectivity index (χ1) is 9.60. The van der Waals surface area contributed by atoms with Gasteiger partial charge in [0.05, 0.1) is 6.42 Å². The lowest BCUT2D eigenvalue weighted by molar-refractivity contribution is -0.137. The number of carboxylic acid groups (broad SMARTS) is 1. The van der Waals surface area contributed by atoms with Gasteiger partial charge in [0, 0.05) is 6.04 Å². The molecule has 0 spiro atoms. The zero-order valence-corrected chi connectivity index (χ0v) is 11.5. The third-order valence-corrected chi connectivity index (χ3v) is 3.43. The van der Waals surface area contributed by atoms with Gasteiger partial charge in [-0.05, 0) is 28.7 Å². The van der Waals surface area contributed by atoms with Crippen molar-refractivity contribution in [3.8, 4) is 11.1 Å². The lowest BCUT2D eigenvalue weighted by Crippen LogP contribution is -2.14. The standard InChI is InChI=1S/C17H19NO2/c1-2-12-3-5-13(6-4-12)14-7-9-15(10-8-14)16(18)11-17(19)20/h3-10,16H,2,11,18H2,1H3,(H,19,20)/t16-/m1/s1. The fraction of sp³-hybridized carbons (Fsp3) is 0.235. The average Bonchev–Trinajstić information content (AvgIpc) is 2.47. The highest BCUT2D eigenvalue weighted by Crippen LogP contribution is 2.23. The van der Waals surface area contributed by atoms with Crippen LogP contribution in [0.4, 0.5) is 0 Å². The first kappa shape index (κ1) is 14.3. The Morgan fingerprint density at radius 3 is 2.00 bits per heavy atom. The number of benzene rings is 2. The van der Waals surface area contributed by atoms with Crippen molar-refractivity contribution < 1.29 is 9.90 Å². The molecule has 3 N–H and O–H groups in total. The topological polar surface area (TPSA) is 63.3 Å². The molecule has 0 aliphatic carbocycles. The molecule has 2 rings (SSSR count). The van der Waals surface area contributed by atoms with Gasteiger partial charge in [-0.1, -0.05) is 55.5 Å². The van der Waals surface area contributed by atoms with Crippen molar-refractivity contribution in [1.82, 2.24) is 0 Å². The van der Waals surface area contributed by atoms with Crippen molar-refractivity contribution in [3.63, 3.8) is 0 Å². The summed E-state index contributed by atoms with van der Waals surface area (Å²) < 4.78 is 0. The van der Waals surface area contributed by atoms with Crippen LogP contribution in [0.2, 0.25) is 0 Å². The van der Waals surface area contributed by atoms with Crippen LogP contribution in [-0.4, -0.2) is 11.1 Å². The largest absolute Gasteiger partial charge is 0.481 e. The number of aryl methyl sites for hydroxylation is 1. The lowest BCUT2D eigenvalue weighted by atomic mass is 9.99. The van der Waals surface area contributed by atoms with E-state index < -0.39 is 12.0 Å². The first-order valence-corrected chi connectivity index (χ1v) is 6.76. The second kappa shape index (κ2) is 6.35. The Labute approximate surface area is 119 Å². The van der Waals surface area contributed by atoms with Crippen LogP contribution in [-0.2, 0) is 11.2 Å². The van der Waals surface area contributed by atoms with Crippen molar-refractivity contribution in [2.45, 2.75) is 25.8 Å². The molecule has 0 saturated heterocycles. The highest BCUT2D eigenvalue weighted by atomic mass is 16.4. The Morgan fingerprint density at radius 1 is 1.05 bits per heavy atom. The van der Waals surface area contributed by atoms with Crippen LogP contribution >= 0.6 is 0 Å². The zero-order chi connectivity index (χ0) is 14.5. The minimum atomic E-state index is -0.878. The summed E-state index contributed by atoms with van der Waals surface area (Å²) in [5.74, 6) is -0.878. The molecule has 104 valence electrons. The predicted molar refractivity (Wildman–Crippen MR) is 80.4 cm³/mol. The maximum absolute atomic E-state index is 10.7. The van der Waals surface area contributed by atoms with Crippen LogP contribution in [0.1, 0.15) is 30.5 Å². The first-order valence-electron chi connectivity index (χ1n) is 6.76. The Kier molecular flexibility index (Phi) is 4.53. The lowest BCUT2D eigenvalue weighted by Gasteiger charge is -2.10. The van der Waals surface area contributed by atoms with E-state index >= 15 is 0 Å². The normalized spacial score (nSPS) is 12.1. The molecule has 0 unspecified atom stereocenters. The number of aliphatic carboxylic acids is 1. The molecule has 2 aromatic rings. The summed E-state index contributed by atoms with van der Waals surface area (Å²) in [7, 11) is 0. The minimum absolute atomic E-state index is 0.0510. The third kappa shape index (κ3) is 3.45. The molecule has 1 atom stereocenters. The van der Waals surface area contributed by atoms with E-state index in [1.807, 2.05) is 24.3 Å². The second-order valence-corrected chi connectivity index (χ2v) is 4.88. The molecule has 0 aliphatic heterocycles. The van der Waals surface area contributed by atoms with E-state index in [2.05, 4.69) is 31.2 Å². The Hall–Kier alpha value is -2.13. The van der Waals surface area contributed by atoms with Crippen LogP contribution < -0.4 is 5.73 Å². The number of hydrogen-bond acceptors (Lipinski definition) is 2. The zero-order valence-electron chi connectivity index (χ0n) is 11.5. The molecule has 0 aliphatic rings. The Balaban J connectivity index is 2.16. The maximum atomic E-state index is 10.7. The quantitative estimate of drug-likeness (QED) is 0.874. The van der Waals surface area contributed by atoms with Crippen LogP contribution in [0.25, 0.3) is 11.1 Å². The second-order valence-electron chi connectivity index (χ2n) is 4.88. The molecule has 0 bridgehead atoms. The van der Waals surface area contributed by atoms with Crippen molar-refractivity contribution in [2.24, 2.45) is 5.73 Å². The van der Waals surface area contributed by atoms with Crippen LogP contribution in [0.3, 0.4) is 0 Å². The van der Waals surface area contributed by atoms with Crippen molar-refractivity contribution in [3.05, 3.63) is 59.7 Å². The van der Waals surface area contributed by atoms with E-state index in [0.717, 1.165) is 23.1 Å². The fourth-order valence-corrected chi connectivity index (χ4v) is 2.16. The van der Waals surface area contributed by atoms with Crippen LogP contribution in [0.5, 0.6) is 0 Å². The van der Waals surface area contributed by atoms with Gasteiger partial charge in [0.15, 0.2) is 0 Å². The summed E-state index contributed by atoms with van der Waals surface area (Å²) in [4.78, 5) is 10.7. The molecular formula is C17H19NO2. The molecule has 0 fully saturated rings. The van der Waals surface area contributed by atoms with Crippen LogP contribution in [0.15, 0.2) is 48.5 Å². The summed E-state index contributed by atoms with van der Waals surface area (Å²) >= 11 is 0. The van der Waals surface area contributed by atoms with E-state index in [1.54, 1.807) is 0 Å². The summed E-state index contributed by atoms with van der Waals surface area (Å²) in [6.45, 7) is 2.13. The van der Waals surface area contributed by atoms with E-state index in [9.17, 15) is 4.79 Å². The van der Waals surface area contributed by atoms with E-state index in [4.69, 9.17) is 10.8 Å². The smallest absolute Gasteiger partial charge is 0.305 e. The van der Waals surface area contributed by atoms with Crippen LogP contribution in [0, 0.1) is 0 Å². The Bertz CT molecular complexity index is 573. The van der Waals surface area contributed by atoms with Gasteiger partial charge in [-0.3, -0.25) is 4.79 Å². The van der Waals surface area contributed by atoms with Gasteiger partial charge in [-0.2, -0.15) is 0 Å². The van der Waals surface area contributed by atoms with Crippen molar-refractivity contribution in [1.29, 1.82) is 0 Å². The number of carbonyl (C=O) groups is 1. The van der Waals surface area contributed by atoms with E-state index in [0.29, 0.717) is 0 Å². The monoisotopic (exact) mass is 269 g/mol. The molecule has 0 saturated carbocycles. The summed E-state index contributed by atoms with van der Waals surface area (Å²) in [6, 6.07) is 15.8. The van der Waals surface area contributed by atoms with Gasteiger partial charge < -0.3 is 10.8 Å². The molecule has 0 amide bonds. The van der Waals surface area contributed by atoms with Gasteiger partial charge >= 0.3 is 5.97 Å². The van der Waals surface area contributed by atoms with E-state index in [1.165, 1.54) is 5.56 Å². The summed E-state index contributed by atoms with van der Waals surface area (Å²) in [5.41, 5.74) is 10.3. The fourth-order valence-electron chi connectivity index (χ4n) is 2.16. The van der Waals surface area contributed by atoms with Gasteiger partial charge in [0.1, 0.15) is 0 Å². The molecule has 20 heavy (non-hydrogen) atoms. The van der Waals surface area contributed by atoms with Gasteiger partial charge in [0.25, 0.3) is 0 Å². The summed E-state index contributed by atoms with van der Waals surface area (Å²) in [5, 5.41) is 8.75. The van der Waals surface area contributed by atoms with Gasteiger partial charge in [-0.25, -0.2) is 0 Å². The molecule has 0 heterocycles. The molecule has 2 aromatic carbocycles. The highest BCUT2D eigenvalue weighted by Gasteiger charge is 2.10. The SMILES string of the molecule is CCc1ccc(-c2ccc([C@H](N)CC(=O)O)cc2)cc1.